The van der Waals surface area contributed by atoms with Gasteiger partial charge in [0, 0.05) is 24.7 Å². The number of hydrogen-bond acceptors (Lipinski definition) is 4. The first kappa shape index (κ1) is 17.7. The SMILES string of the molecule is CN(Cc1ccc2c(c1)OCCO2)C(=O)COc1cc(Cl)ccc1Cl. The van der Waals surface area contributed by atoms with Crippen molar-refractivity contribution < 1.29 is 19.0 Å². The number of carbonyl (C=O) groups is 1. The Kier molecular flexibility index (Phi) is 5.56. The van der Waals surface area contributed by atoms with E-state index >= 15 is 0 Å². The van der Waals surface area contributed by atoms with Crippen LogP contribution in [0.2, 0.25) is 10.0 Å². The van der Waals surface area contributed by atoms with Gasteiger partial charge in [0.15, 0.2) is 18.1 Å². The molecule has 5 nitrogen and oxygen atoms in total. The Morgan fingerprint density at radius 2 is 1.88 bits per heavy atom. The number of likely N-dealkylation sites (N-methyl/N-ethyl adjacent to an activating group) is 1. The minimum atomic E-state index is -0.175. The lowest BCUT2D eigenvalue weighted by molar-refractivity contribution is -0.132. The van der Waals surface area contributed by atoms with Gasteiger partial charge in [-0.25, -0.2) is 0 Å². The number of halogens is 2. The van der Waals surface area contributed by atoms with Crippen molar-refractivity contribution in [2.45, 2.75) is 6.54 Å². The van der Waals surface area contributed by atoms with Crippen LogP contribution >= 0.6 is 23.2 Å². The van der Waals surface area contributed by atoms with Crippen molar-refractivity contribution >= 4 is 29.1 Å². The molecule has 0 bridgehead atoms. The van der Waals surface area contributed by atoms with Crippen molar-refractivity contribution in [2.24, 2.45) is 0 Å². The zero-order valence-corrected chi connectivity index (χ0v) is 15.1. The molecule has 1 aliphatic heterocycles. The quantitative estimate of drug-likeness (QED) is 0.789. The molecule has 0 aliphatic carbocycles. The Hall–Kier alpha value is -2.11. The molecular weight excluding hydrogens is 365 g/mol. The summed E-state index contributed by atoms with van der Waals surface area (Å²) in [5, 5.41) is 0.906. The zero-order chi connectivity index (χ0) is 17.8. The molecule has 25 heavy (non-hydrogen) atoms. The van der Waals surface area contributed by atoms with Gasteiger partial charge < -0.3 is 19.1 Å². The highest BCUT2D eigenvalue weighted by Crippen LogP contribution is 2.31. The molecule has 2 aromatic carbocycles. The summed E-state index contributed by atoms with van der Waals surface area (Å²) in [4.78, 5) is 13.8. The van der Waals surface area contributed by atoms with Crippen molar-refractivity contribution in [3.63, 3.8) is 0 Å². The number of hydrogen-bond donors (Lipinski definition) is 0. The predicted octanol–water partition coefficient (Wildman–Crippen LogP) is 3.80. The van der Waals surface area contributed by atoms with E-state index in [0.717, 1.165) is 11.3 Å². The van der Waals surface area contributed by atoms with E-state index in [1.807, 2.05) is 18.2 Å². The Morgan fingerprint density at radius 3 is 2.68 bits per heavy atom. The van der Waals surface area contributed by atoms with Gasteiger partial charge in [-0.2, -0.15) is 0 Å². The topological polar surface area (TPSA) is 48.0 Å². The van der Waals surface area contributed by atoms with Crippen LogP contribution in [-0.4, -0.2) is 37.7 Å². The van der Waals surface area contributed by atoms with Crippen LogP contribution in [-0.2, 0) is 11.3 Å². The van der Waals surface area contributed by atoms with E-state index in [0.29, 0.717) is 41.3 Å². The van der Waals surface area contributed by atoms with Crippen LogP contribution in [0.3, 0.4) is 0 Å². The molecule has 1 amide bonds. The Balaban J connectivity index is 1.58. The maximum atomic E-state index is 12.3. The second-order valence-electron chi connectivity index (χ2n) is 5.59. The molecule has 0 spiro atoms. The molecule has 0 atom stereocenters. The predicted molar refractivity (Wildman–Crippen MR) is 95.9 cm³/mol. The fourth-order valence-electron chi connectivity index (χ4n) is 2.39. The third kappa shape index (κ3) is 4.50. The van der Waals surface area contributed by atoms with Crippen LogP contribution in [0.25, 0.3) is 0 Å². The highest BCUT2D eigenvalue weighted by atomic mass is 35.5. The molecule has 1 heterocycles. The van der Waals surface area contributed by atoms with Crippen LogP contribution < -0.4 is 14.2 Å². The number of benzene rings is 2. The summed E-state index contributed by atoms with van der Waals surface area (Å²) in [5.41, 5.74) is 0.945. The number of fused-ring (bicyclic) bond motifs is 1. The van der Waals surface area contributed by atoms with E-state index in [-0.39, 0.29) is 12.5 Å². The van der Waals surface area contributed by atoms with Gasteiger partial charge in [-0.1, -0.05) is 29.3 Å². The molecule has 0 saturated carbocycles. The van der Waals surface area contributed by atoms with E-state index in [1.54, 1.807) is 30.1 Å². The van der Waals surface area contributed by atoms with Gasteiger partial charge in [0.2, 0.25) is 0 Å². The summed E-state index contributed by atoms with van der Waals surface area (Å²) in [7, 11) is 1.71. The van der Waals surface area contributed by atoms with Crippen LogP contribution in [0.1, 0.15) is 5.56 Å². The molecule has 2 aromatic rings. The van der Waals surface area contributed by atoms with Crippen LogP contribution in [0.4, 0.5) is 0 Å². The van der Waals surface area contributed by atoms with Gasteiger partial charge >= 0.3 is 0 Å². The Morgan fingerprint density at radius 1 is 1.12 bits per heavy atom. The molecule has 0 saturated heterocycles. The summed E-state index contributed by atoms with van der Waals surface area (Å²) in [6.45, 7) is 1.39. The number of amides is 1. The second-order valence-corrected chi connectivity index (χ2v) is 6.43. The van der Waals surface area contributed by atoms with Crippen LogP contribution in [0, 0.1) is 0 Å². The number of ether oxygens (including phenoxy) is 3. The van der Waals surface area contributed by atoms with Crippen molar-refractivity contribution in [3.8, 4) is 17.2 Å². The first-order valence-corrected chi connectivity index (χ1v) is 8.49. The van der Waals surface area contributed by atoms with Crippen molar-refractivity contribution in [2.75, 3.05) is 26.9 Å². The van der Waals surface area contributed by atoms with Gasteiger partial charge in [0.05, 0.1) is 5.02 Å². The lowest BCUT2D eigenvalue weighted by Crippen LogP contribution is -2.31. The van der Waals surface area contributed by atoms with Crippen LogP contribution in [0.15, 0.2) is 36.4 Å². The van der Waals surface area contributed by atoms with Gasteiger partial charge in [-0.3, -0.25) is 4.79 Å². The Bertz CT molecular complexity index is 782. The van der Waals surface area contributed by atoms with Gasteiger partial charge in [-0.05, 0) is 29.8 Å². The van der Waals surface area contributed by atoms with E-state index < -0.39 is 0 Å². The van der Waals surface area contributed by atoms with Gasteiger partial charge in [0.25, 0.3) is 5.91 Å². The molecule has 3 rings (SSSR count). The van der Waals surface area contributed by atoms with Gasteiger partial charge in [0.1, 0.15) is 19.0 Å². The number of carbonyl (C=O) groups excluding carboxylic acids is 1. The largest absolute Gasteiger partial charge is 0.486 e. The first-order chi connectivity index (χ1) is 12.0. The number of nitrogens with zero attached hydrogens (tertiary/aromatic N) is 1. The third-order valence-electron chi connectivity index (χ3n) is 3.70. The molecule has 0 unspecified atom stereocenters. The normalized spacial score (nSPS) is 12.6. The summed E-state index contributed by atoms with van der Waals surface area (Å²) in [6, 6.07) is 10.5. The van der Waals surface area contributed by atoms with Crippen molar-refractivity contribution in [1.82, 2.24) is 4.90 Å². The van der Waals surface area contributed by atoms with Gasteiger partial charge in [-0.15, -0.1) is 0 Å². The minimum Gasteiger partial charge on any atom is -0.486 e. The van der Waals surface area contributed by atoms with Crippen LogP contribution in [0.5, 0.6) is 17.2 Å². The maximum absolute atomic E-state index is 12.3. The molecule has 0 fully saturated rings. The maximum Gasteiger partial charge on any atom is 0.260 e. The standard InChI is InChI=1S/C18H17Cl2NO4/c1-21(10-12-2-5-15-17(8-12)24-7-6-23-15)18(22)11-25-16-9-13(19)3-4-14(16)20/h2-5,8-9H,6-7,10-11H2,1H3. The summed E-state index contributed by atoms with van der Waals surface area (Å²) in [5.74, 6) is 1.63. The smallest absolute Gasteiger partial charge is 0.260 e. The van der Waals surface area contributed by atoms with E-state index in [2.05, 4.69) is 0 Å². The summed E-state index contributed by atoms with van der Waals surface area (Å²) < 4.78 is 16.5. The highest BCUT2D eigenvalue weighted by molar-refractivity contribution is 6.34. The molecule has 7 heteroatoms. The van der Waals surface area contributed by atoms with Crippen molar-refractivity contribution in [3.05, 3.63) is 52.0 Å². The van der Waals surface area contributed by atoms with E-state index in [4.69, 9.17) is 37.4 Å². The molecule has 0 N–H and O–H groups in total. The molecule has 0 radical (unpaired) electrons. The van der Waals surface area contributed by atoms with E-state index in [1.165, 1.54) is 0 Å². The number of rotatable bonds is 5. The zero-order valence-electron chi connectivity index (χ0n) is 13.6. The minimum absolute atomic E-state index is 0.124. The Labute approximate surface area is 156 Å². The third-order valence-corrected chi connectivity index (χ3v) is 4.24. The summed E-state index contributed by atoms with van der Waals surface area (Å²) in [6.07, 6.45) is 0. The average molecular weight is 382 g/mol. The first-order valence-electron chi connectivity index (χ1n) is 7.73. The fourth-order valence-corrected chi connectivity index (χ4v) is 2.72. The average Bonchev–Trinajstić information content (AvgIpc) is 2.62. The lowest BCUT2D eigenvalue weighted by Gasteiger charge is -2.21. The fraction of sp³-hybridized carbons (Fsp3) is 0.278. The lowest BCUT2D eigenvalue weighted by atomic mass is 10.2. The molecular formula is C18H17Cl2NO4. The van der Waals surface area contributed by atoms with Crippen molar-refractivity contribution in [1.29, 1.82) is 0 Å². The molecule has 0 aromatic heterocycles. The molecule has 1 aliphatic rings. The monoisotopic (exact) mass is 381 g/mol. The highest BCUT2D eigenvalue weighted by Gasteiger charge is 2.15. The van der Waals surface area contributed by atoms with E-state index in [9.17, 15) is 4.79 Å². The molecule has 132 valence electrons. The second kappa shape index (κ2) is 7.85. The summed E-state index contributed by atoms with van der Waals surface area (Å²) >= 11 is 11.9.